The smallest absolute Gasteiger partial charge is 0.342 e. The molecule has 0 fully saturated rings. The fourth-order valence-electron chi connectivity index (χ4n) is 1.25. The Kier molecular flexibility index (Phi) is 7.14. The Balaban J connectivity index is 4.55. The molecule has 6 nitrogen and oxygen atoms in total. The van der Waals surface area contributed by atoms with E-state index >= 15 is 0 Å². The fraction of sp³-hybridized carbons (Fsp3) is 0.750. The van der Waals surface area contributed by atoms with Crippen molar-refractivity contribution in [1.82, 2.24) is 0 Å². The molecule has 0 aromatic carbocycles. The summed E-state index contributed by atoms with van der Waals surface area (Å²) in [6.07, 6.45) is 0.244. The second-order valence-electron chi connectivity index (χ2n) is 6.31. The number of nitrogens with zero attached hydrogens (tertiary/aromatic N) is 1. The van der Waals surface area contributed by atoms with Crippen LogP contribution in [0.2, 0.25) is 39.3 Å². The highest BCUT2D eigenvalue weighted by atomic mass is 28.4. The molecule has 0 amide bonds. The number of carbonyl (C=O) groups is 2. The van der Waals surface area contributed by atoms with Crippen LogP contribution in [0.1, 0.15) is 12.8 Å². The van der Waals surface area contributed by atoms with Gasteiger partial charge in [-0.05, 0) is 39.3 Å². The van der Waals surface area contributed by atoms with Crippen LogP contribution in [-0.2, 0) is 23.3 Å². The quantitative estimate of drug-likeness (QED) is 0.409. The van der Waals surface area contributed by atoms with Crippen molar-refractivity contribution in [3.05, 3.63) is 0 Å². The Labute approximate surface area is 122 Å². The molecule has 0 unspecified atom stereocenters. The normalized spacial score (nSPS) is 12.8. The molecule has 0 saturated carbocycles. The van der Waals surface area contributed by atoms with Crippen molar-refractivity contribution in [2.45, 2.75) is 52.1 Å². The summed E-state index contributed by atoms with van der Waals surface area (Å²) < 4.78 is 10.6. The number of oxime groups is 1. The zero-order chi connectivity index (χ0) is 16.0. The summed E-state index contributed by atoms with van der Waals surface area (Å²) in [4.78, 5) is 28.2. The highest BCUT2D eigenvalue weighted by molar-refractivity contribution is 6.72. The molecule has 0 aliphatic heterocycles. The van der Waals surface area contributed by atoms with Gasteiger partial charge in [0.05, 0.1) is 6.42 Å². The number of hydrogen-bond acceptors (Lipinski definition) is 6. The van der Waals surface area contributed by atoms with Crippen LogP contribution >= 0.6 is 0 Å². The Morgan fingerprint density at radius 1 is 0.900 bits per heavy atom. The van der Waals surface area contributed by atoms with Gasteiger partial charge in [-0.1, -0.05) is 5.16 Å². The highest BCUT2D eigenvalue weighted by Crippen LogP contribution is 2.09. The second-order valence-corrected chi connectivity index (χ2v) is 15.2. The summed E-state index contributed by atoms with van der Waals surface area (Å²) in [5, 5.41) is 3.64. The number of carbonyl (C=O) groups excluding carboxylic acids is 2. The predicted octanol–water partition coefficient (Wildman–Crippen LogP) is 2.53. The summed E-state index contributed by atoms with van der Waals surface area (Å²) in [6, 6.07) is 0. The van der Waals surface area contributed by atoms with Gasteiger partial charge in [-0.25, -0.2) is 4.79 Å². The SMILES string of the molecule is CO/N=C(\CCC(=O)O[Si](C)(C)C)C(=O)O[Si](C)(C)C. The van der Waals surface area contributed by atoms with Gasteiger partial charge in [0.15, 0.2) is 5.71 Å². The molecule has 0 atom stereocenters. The van der Waals surface area contributed by atoms with E-state index in [1.165, 1.54) is 7.11 Å². The first-order valence-corrected chi connectivity index (χ1v) is 13.3. The molecule has 0 bridgehead atoms. The lowest BCUT2D eigenvalue weighted by Gasteiger charge is -2.19. The van der Waals surface area contributed by atoms with Gasteiger partial charge in [-0.2, -0.15) is 0 Å². The van der Waals surface area contributed by atoms with Gasteiger partial charge < -0.3 is 13.7 Å². The molecule has 0 aromatic heterocycles. The predicted molar refractivity (Wildman–Crippen MR) is 82.6 cm³/mol. The van der Waals surface area contributed by atoms with Gasteiger partial charge in [0.25, 0.3) is 5.97 Å². The minimum atomic E-state index is -2.00. The van der Waals surface area contributed by atoms with Crippen LogP contribution in [0.15, 0.2) is 5.16 Å². The van der Waals surface area contributed by atoms with Crippen molar-refractivity contribution in [2.75, 3.05) is 7.11 Å². The zero-order valence-electron chi connectivity index (χ0n) is 13.4. The van der Waals surface area contributed by atoms with Gasteiger partial charge in [-0.3, -0.25) is 4.79 Å². The van der Waals surface area contributed by atoms with Crippen molar-refractivity contribution in [2.24, 2.45) is 5.16 Å². The van der Waals surface area contributed by atoms with Crippen molar-refractivity contribution < 1.29 is 23.3 Å². The molecule has 0 heterocycles. The van der Waals surface area contributed by atoms with Crippen molar-refractivity contribution in [1.29, 1.82) is 0 Å². The number of hydrogen-bond donors (Lipinski definition) is 0. The van der Waals surface area contributed by atoms with E-state index in [1.807, 2.05) is 39.3 Å². The largest absolute Gasteiger partial charge is 0.520 e. The van der Waals surface area contributed by atoms with E-state index in [9.17, 15) is 9.59 Å². The van der Waals surface area contributed by atoms with E-state index in [0.29, 0.717) is 0 Å². The molecular formula is C12H25NO5Si2. The Morgan fingerprint density at radius 2 is 1.40 bits per heavy atom. The van der Waals surface area contributed by atoms with Crippen LogP contribution in [0.25, 0.3) is 0 Å². The summed E-state index contributed by atoms with van der Waals surface area (Å²) in [6.45, 7) is 11.5. The van der Waals surface area contributed by atoms with Crippen LogP contribution in [0.3, 0.4) is 0 Å². The van der Waals surface area contributed by atoms with Crippen molar-refractivity contribution in [3.8, 4) is 0 Å². The van der Waals surface area contributed by atoms with Crippen LogP contribution in [0.4, 0.5) is 0 Å². The Hall–Kier alpha value is -1.16. The Morgan fingerprint density at radius 3 is 1.80 bits per heavy atom. The van der Waals surface area contributed by atoms with Gasteiger partial charge in [-0.15, -0.1) is 0 Å². The maximum Gasteiger partial charge on any atom is 0.342 e. The second kappa shape index (κ2) is 7.58. The molecule has 0 radical (unpaired) electrons. The molecular weight excluding hydrogens is 294 g/mol. The molecule has 0 aliphatic rings. The third-order valence-electron chi connectivity index (χ3n) is 1.82. The lowest BCUT2D eigenvalue weighted by molar-refractivity contribution is -0.134. The minimum absolute atomic E-state index is 0.0905. The molecule has 0 rings (SSSR count). The summed E-state index contributed by atoms with van der Waals surface area (Å²) in [5.74, 6) is -0.847. The minimum Gasteiger partial charge on any atom is -0.520 e. The van der Waals surface area contributed by atoms with E-state index in [1.54, 1.807) is 0 Å². The van der Waals surface area contributed by atoms with E-state index in [-0.39, 0.29) is 24.5 Å². The first-order chi connectivity index (χ1) is 8.94. The standard InChI is InChI=1S/C12H25NO5Si2/c1-16-13-10(12(15)18-20(5,6)7)8-9-11(14)17-19(2,3)4/h8-9H2,1-7H3/b13-10+. The Bertz CT molecular complexity index is 382. The summed E-state index contributed by atoms with van der Waals surface area (Å²) >= 11 is 0. The maximum atomic E-state index is 11.9. The topological polar surface area (TPSA) is 74.2 Å². The van der Waals surface area contributed by atoms with Crippen LogP contribution in [0, 0.1) is 0 Å². The lowest BCUT2D eigenvalue weighted by atomic mass is 10.2. The third kappa shape index (κ3) is 9.73. The van der Waals surface area contributed by atoms with E-state index in [2.05, 4.69) is 9.99 Å². The van der Waals surface area contributed by atoms with E-state index in [0.717, 1.165) is 0 Å². The molecule has 0 aliphatic carbocycles. The highest BCUT2D eigenvalue weighted by Gasteiger charge is 2.25. The first kappa shape index (κ1) is 18.8. The molecule has 20 heavy (non-hydrogen) atoms. The molecule has 0 aromatic rings. The monoisotopic (exact) mass is 319 g/mol. The average Bonchev–Trinajstić information content (AvgIpc) is 2.18. The molecule has 116 valence electrons. The van der Waals surface area contributed by atoms with Crippen LogP contribution in [-0.4, -0.2) is 41.4 Å². The van der Waals surface area contributed by atoms with Gasteiger partial charge >= 0.3 is 5.97 Å². The van der Waals surface area contributed by atoms with Gasteiger partial charge in [0, 0.05) is 6.42 Å². The van der Waals surface area contributed by atoms with Gasteiger partial charge in [0.2, 0.25) is 16.6 Å². The van der Waals surface area contributed by atoms with Crippen LogP contribution < -0.4 is 0 Å². The van der Waals surface area contributed by atoms with E-state index < -0.39 is 22.6 Å². The van der Waals surface area contributed by atoms with Crippen molar-refractivity contribution in [3.63, 3.8) is 0 Å². The summed E-state index contributed by atoms with van der Waals surface area (Å²) in [5.41, 5.74) is 0.113. The third-order valence-corrected chi connectivity index (χ3v) is 3.46. The van der Waals surface area contributed by atoms with Crippen LogP contribution in [0.5, 0.6) is 0 Å². The first-order valence-electron chi connectivity index (χ1n) is 6.50. The zero-order valence-corrected chi connectivity index (χ0v) is 15.4. The fourth-order valence-corrected chi connectivity index (χ4v) is 2.70. The van der Waals surface area contributed by atoms with E-state index in [4.69, 9.17) is 8.85 Å². The van der Waals surface area contributed by atoms with Crippen molar-refractivity contribution >= 4 is 34.3 Å². The van der Waals surface area contributed by atoms with Gasteiger partial charge in [0.1, 0.15) is 7.11 Å². The molecule has 0 saturated heterocycles. The molecule has 0 spiro atoms. The molecule has 0 N–H and O–H groups in total. The molecule has 8 heteroatoms. The number of rotatable bonds is 7. The maximum absolute atomic E-state index is 11.9. The average molecular weight is 320 g/mol. The lowest BCUT2D eigenvalue weighted by Crippen LogP contribution is -2.34. The summed E-state index contributed by atoms with van der Waals surface area (Å²) in [7, 11) is -2.56.